The van der Waals surface area contributed by atoms with Crippen LogP contribution in [-0.2, 0) is 0 Å². The largest absolute Gasteiger partial charge is 0.508 e. The number of phenols is 2. The van der Waals surface area contributed by atoms with Gasteiger partial charge in [0.15, 0.2) is 0 Å². The molecule has 0 bridgehead atoms. The molecule has 5 heteroatoms. The second kappa shape index (κ2) is 4.63. The molecule has 0 aliphatic carbocycles. The van der Waals surface area contributed by atoms with E-state index in [-0.39, 0.29) is 29.0 Å². The van der Waals surface area contributed by atoms with Gasteiger partial charge in [-0.25, -0.2) is 0 Å². The summed E-state index contributed by atoms with van der Waals surface area (Å²) in [6, 6.07) is 3.97. The number of benzene rings is 1. The van der Waals surface area contributed by atoms with Crippen LogP contribution >= 0.6 is 0 Å². The van der Waals surface area contributed by atoms with E-state index in [9.17, 15) is 15.0 Å². The number of aromatic hydroxyl groups is 2. The van der Waals surface area contributed by atoms with Crippen molar-refractivity contribution < 1.29 is 15.0 Å². The summed E-state index contributed by atoms with van der Waals surface area (Å²) in [5.41, 5.74) is 0.101. The van der Waals surface area contributed by atoms with Gasteiger partial charge in [0.25, 0.3) is 5.91 Å². The summed E-state index contributed by atoms with van der Waals surface area (Å²) in [6.07, 6.45) is 0. The van der Waals surface area contributed by atoms with Gasteiger partial charge >= 0.3 is 0 Å². The lowest BCUT2D eigenvalue weighted by atomic mass is 10.1. The van der Waals surface area contributed by atoms with Gasteiger partial charge < -0.3 is 20.8 Å². The van der Waals surface area contributed by atoms with E-state index in [2.05, 4.69) is 10.6 Å². The third-order valence-electron chi connectivity index (χ3n) is 3.06. The zero-order valence-electron chi connectivity index (χ0n) is 9.60. The van der Waals surface area contributed by atoms with Crippen LogP contribution in [0.4, 0.5) is 0 Å². The topological polar surface area (TPSA) is 81.6 Å². The van der Waals surface area contributed by atoms with E-state index in [0.29, 0.717) is 5.92 Å². The van der Waals surface area contributed by atoms with Crippen molar-refractivity contribution >= 4 is 5.91 Å². The summed E-state index contributed by atoms with van der Waals surface area (Å²) in [5.74, 6) is -0.165. The highest BCUT2D eigenvalue weighted by Crippen LogP contribution is 2.22. The third-order valence-corrected chi connectivity index (χ3v) is 3.06. The SMILES string of the molecule is CC1CNCC1NC(=O)c1cc(O)ccc1O. The molecule has 1 saturated heterocycles. The maximum atomic E-state index is 11.9. The lowest BCUT2D eigenvalue weighted by Gasteiger charge is -2.16. The molecule has 2 atom stereocenters. The first-order chi connectivity index (χ1) is 8.08. The standard InChI is InChI=1S/C12H16N2O3/c1-7-5-13-6-10(7)14-12(17)9-4-8(15)2-3-11(9)16/h2-4,7,10,13,15-16H,5-6H2,1H3,(H,14,17). The van der Waals surface area contributed by atoms with Crippen LogP contribution in [0.25, 0.3) is 0 Å². The number of hydrogen-bond acceptors (Lipinski definition) is 4. The molecule has 1 aromatic rings. The first-order valence-corrected chi connectivity index (χ1v) is 5.61. The minimum absolute atomic E-state index is 0.0365. The van der Waals surface area contributed by atoms with Gasteiger partial charge in [-0.1, -0.05) is 6.92 Å². The Morgan fingerprint density at radius 2 is 2.18 bits per heavy atom. The normalized spacial score (nSPS) is 23.6. The number of hydrogen-bond donors (Lipinski definition) is 4. The predicted molar refractivity (Wildman–Crippen MR) is 63.1 cm³/mol. The van der Waals surface area contributed by atoms with Gasteiger partial charge in [0.05, 0.1) is 5.56 Å². The fourth-order valence-electron chi connectivity index (χ4n) is 1.96. The van der Waals surface area contributed by atoms with Crippen LogP contribution in [0, 0.1) is 5.92 Å². The van der Waals surface area contributed by atoms with E-state index in [1.807, 2.05) is 6.92 Å². The average Bonchev–Trinajstić information content (AvgIpc) is 2.68. The number of nitrogens with one attached hydrogen (secondary N) is 2. The lowest BCUT2D eigenvalue weighted by molar-refractivity contribution is 0.0930. The van der Waals surface area contributed by atoms with Gasteiger partial charge in [0.1, 0.15) is 11.5 Å². The lowest BCUT2D eigenvalue weighted by Crippen LogP contribution is -2.39. The van der Waals surface area contributed by atoms with Crippen molar-refractivity contribution in [3.05, 3.63) is 23.8 Å². The van der Waals surface area contributed by atoms with Crippen molar-refractivity contribution in [2.45, 2.75) is 13.0 Å². The second-order valence-corrected chi connectivity index (χ2v) is 4.42. The first-order valence-electron chi connectivity index (χ1n) is 5.61. The molecular weight excluding hydrogens is 220 g/mol. The molecule has 5 nitrogen and oxygen atoms in total. The van der Waals surface area contributed by atoms with Gasteiger partial charge in [-0.2, -0.15) is 0 Å². The summed E-state index contributed by atoms with van der Waals surface area (Å²) < 4.78 is 0. The van der Waals surface area contributed by atoms with Gasteiger partial charge in [0.2, 0.25) is 0 Å². The Labute approximate surface area is 99.5 Å². The highest BCUT2D eigenvalue weighted by Gasteiger charge is 2.25. The minimum Gasteiger partial charge on any atom is -0.508 e. The first kappa shape index (κ1) is 11.7. The van der Waals surface area contributed by atoms with Gasteiger partial charge in [-0.3, -0.25) is 4.79 Å². The summed E-state index contributed by atoms with van der Waals surface area (Å²) in [7, 11) is 0. The molecule has 2 unspecified atom stereocenters. The van der Waals surface area contributed by atoms with E-state index in [4.69, 9.17) is 0 Å². The molecule has 17 heavy (non-hydrogen) atoms. The highest BCUT2D eigenvalue weighted by atomic mass is 16.3. The Hall–Kier alpha value is -1.75. The van der Waals surface area contributed by atoms with Crippen molar-refractivity contribution in [3.63, 3.8) is 0 Å². The summed E-state index contributed by atoms with van der Waals surface area (Å²) in [4.78, 5) is 11.9. The fourth-order valence-corrected chi connectivity index (χ4v) is 1.96. The third kappa shape index (κ3) is 2.50. The van der Waals surface area contributed by atoms with E-state index in [1.54, 1.807) is 0 Å². The van der Waals surface area contributed by atoms with Crippen molar-refractivity contribution in [2.24, 2.45) is 5.92 Å². The van der Waals surface area contributed by atoms with E-state index < -0.39 is 0 Å². The monoisotopic (exact) mass is 236 g/mol. The molecule has 1 amide bonds. The zero-order chi connectivity index (χ0) is 12.4. The van der Waals surface area contributed by atoms with Crippen LogP contribution in [0.5, 0.6) is 11.5 Å². The Morgan fingerprint density at radius 3 is 2.82 bits per heavy atom. The average molecular weight is 236 g/mol. The number of carbonyl (C=O) groups is 1. The van der Waals surface area contributed by atoms with Gasteiger partial charge in [0, 0.05) is 12.6 Å². The van der Waals surface area contributed by atoms with Crippen LogP contribution in [0.1, 0.15) is 17.3 Å². The molecule has 2 rings (SSSR count). The predicted octanol–water partition coefficient (Wildman–Crippen LogP) is 0.436. The molecule has 0 aromatic heterocycles. The van der Waals surface area contributed by atoms with Crippen molar-refractivity contribution in [1.82, 2.24) is 10.6 Å². The molecule has 92 valence electrons. The number of phenolic OH excluding ortho intramolecular Hbond substituents is 2. The number of amides is 1. The zero-order valence-corrected chi connectivity index (χ0v) is 9.60. The second-order valence-electron chi connectivity index (χ2n) is 4.42. The maximum absolute atomic E-state index is 11.9. The number of carbonyl (C=O) groups excluding carboxylic acids is 1. The molecule has 1 aromatic carbocycles. The minimum atomic E-state index is -0.362. The van der Waals surface area contributed by atoms with E-state index in [0.717, 1.165) is 13.1 Å². The van der Waals surface area contributed by atoms with Crippen LogP contribution in [0.2, 0.25) is 0 Å². The highest BCUT2D eigenvalue weighted by molar-refractivity contribution is 5.97. The Kier molecular flexibility index (Phi) is 3.19. The quantitative estimate of drug-likeness (QED) is 0.561. The summed E-state index contributed by atoms with van der Waals surface area (Å²) in [5, 5.41) is 24.9. The van der Waals surface area contributed by atoms with Crippen molar-refractivity contribution in [2.75, 3.05) is 13.1 Å². The van der Waals surface area contributed by atoms with Crippen molar-refractivity contribution in [3.8, 4) is 11.5 Å². The molecule has 0 radical (unpaired) electrons. The smallest absolute Gasteiger partial charge is 0.255 e. The molecule has 1 fully saturated rings. The molecular formula is C12H16N2O3. The van der Waals surface area contributed by atoms with Crippen LogP contribution in [-0.4, -0.2) is 35.3 Å². The summed E-state index contributed by atoms with van der Waals surface area (Å²) in [6.45, 7) is 3.65. The van der Waals surface area contributed by atoms with Gasteiger partial charge in [-0.15, -0.1) is 0 Å². The number of rotatable bonds is 2. The Balaban J connectivity index is 2.11. The van der Waals surface area contributed by atoms with Gasteiger partial charge in [-0.05, 0) is 30.7 Å². The maximum Gasteiger partial charge on any atom is 0.255 e. The Bertz CT molecular complexity index is 434. The molecule has 1 heterocycles. The van der Waals surface area contributed by atoms with Crippen LogP contribution < -0.4 is 10.6 Å². The molecule has 1 aliphatic heterocycles. The molecule has 4 N–H and O–H groups in total. The van der Waals surface area contributed by atoms with Crippen molar-refractivity contribution in [1.29, 1.82) is 0 Å². The van der Waals surface area contributed by atoms with E-state index in [1.165, 1.54) is 18.2 Å². The van der Waals surface area contributed by atoms with E-state index >= 15 is 0 Å². The summed E-state index contributed by atoms with van der Waals surface area (Å²) >= 11 is 0. The van der Waals surface area contributed by atoms with Crippen LogP contribution in [0.15, 0.2) is 18.2 Å². The molecule has 0 spiro atoms. The molecule has 1 aliphatic rings. The fraction of sp³-hybridized carbons (Fsp3) is 0.417. The van der Waals surface area contributed by atoms with Crippen LogP contribution in [0.3, 0.4) is 0 Å². The Morgan fingerprint density at radius 1 is 1.41 bits per heavy atom. The molecule has 0 saturated carbocycles.